The summed E-state index contributed by atoms with van der Waals surface area (Å²) in [4.78, 5) is 24.6. The van der Waals surface area contributed by atoms with E-state index in [9.17, 15) is 4.79 Å². The summed E-state index contributed by atoms with van der Waals surface area (Å²) in [6.45, 7) is 0. The van der Waals surface area contributed by atoms with Crippen molar-refractivity contribution in [3.8, 4) is 12.1 Å². The van der Waals surface area contributed by atoms with Gasteiger partial charge in [0.05, 0.1) is 0 Å². The summed E-state index contributed by atoms with van der Waals surface area (Å²) in [5.41, 5.74) is -0.928. The van der Waals surface area contributed by atoms with Crippen LogP contribution >= 0.6 is 11.6 Å². The number of halogens is 1. The van der Waals surface area contributed by atoms with Crippen LogP contribution in [0.25, 0.3) is 11.3 Å². The minimum atomic E-state index is -0.628. The second-order valence-electron chi connectivity index (χ2n) is 2.67. The van der Waals surface area contributed by atoms with Crippen LogP contribution in [-0.2, 0) is 0 Å². The lowest BCUT2D eigenvalue weighted by molar-refractivity contribution is 1.09. The molecular weight excluding hydrogens is 232 g/mol. The molecule has 0 aromatic carbocycles. The first kappa shape index (κ1) is 10.0. The SMILES string of the molecule is N#Cc1nc2nc(Cl)c(=O)[nH]c2nc1C#N. The Bertz CT molecular complexity index is 722. The largest absolute Gasteiger partial charge is 0.301 e. The Morgan fingerprint density at radius 2 is 1.75 bits per heavy atom. The number of H-pyrrole nitrogens is 1. The van der Waals surface area contributed by atoms with Crippen molar-refractivity contribution in [2.45, 2.75) is 0 Å². The summed E-state index contributed by atoms with van der Waals surface area (Å²) in [7, 11) is 0. The molecule has 2 aromatic rings. The van der Waals surface area contributed by atoms with Crippen molar-refractivity contribution < 1.29 is 0 Å². The van der Waals surface area contributed by atoms with E-state index in [1.165, 1.54) is 0 Å². The number of hydrogen-bond donors (Lipinski definition) is 1. The Morgan fingerprint density at radius 1 is 1.12 bits per heavy atom. The number of aromatic amines is 1. The van der Waals surface area contributed by atoms with Gasteiger partial charge in [-0.1, -0.05) is 11.6 Å². The maximum atomic E-state index is 11.1. The quantitative estimate of drug-likeness (QED) is 0.688. The van der Waals surface area contributed by atoms with Gasteiger partial charge in [0.1, 0.15) is 12.1 Å². The molecule has 0 aliphatic carbocycles. The molecule has 0 radical (unpaired) electrons. The molecule has 0 unspecified atom stereocenters. The lowest BCUT2D eigenvalue weighted by Gasteiger charge is -1.97. The van der Waals surface area contributed by atoms with Crippen LogP contribution < -0.4 is 5.56 Å². The summed E-state index contributed by atoms with van der Waals surface area (Å²) in [6.07, 6.45) is 0. The van der Waals surface area contributed by atoms with Crippen LogP contribution in [0.3, 0.4) is 0 Å². The van der Waals surface area contributed by atoms with Gasteiger partial charge < -0.3 is 4.98 Å². The molecule has 2 heterocycles. The smallest absolute Gasteiger partial charge is 0.287 e. The highest BCUT2D eigenvalue weighted by Gasteiger charge is 2.10. The third-order valence-electron chi connectivity index (χ3n) is 1.71. The van der Waals surface area contributed by atoms with E-state index in [2.05, 4.69) is 19.9 Å². The molecule has 2 rings (SSSR count). The maximum absolute atomic E-state index is 11.1. The predicted molar refractivity (Wildman–Crippen MR) is 52.4 cm³/mol. The Morgan fingerprint density at radius 3 is 2.38 bits per heavy atom. The zero-order valence-corrected chi connectivity index (χ0v) is 8.28. The number of nitriles is 2. The van der Waals surface area contributed by atoms with Crippen LogP contribution in [0, 0.1) is 22.7 Å². The van der Waals surface area contributed by atoms with E-state index < -0.39 is 5.56 Å². The third kappa shape index (κ3) is 1.45. The van der Waals surface area contributed by atoms with Crippen LogP contribution in [0.5, 0.6) is 0 Å². The Balaban J connectivity index is 2.92. The average Bonchev–Trinajstić information content (AvgIpc) is 2.29. The van der Waals surface area contributed by atoms with Gasteiger partial charge in [0.25, 0.3) is 5.56 Å². The van der Waals surface area contributed by atoms with Gasteiger partial charge >= 0.3 is 0 Å². The number of fused-ring (bicyclic) bond motifs is 1. The van der Waals surface area contributed by atoms with E-state index in [1.54, 1.807) is 12.1 Å². The van der Waals surface area contributed by atoms with E-state index in [4.69, 9.17) is 22.1 Å². The molecule has 0 fully saturated rings. The van der Waals surface area contributed by atoms with Crippen LogP contribution in [0.1, 0.15) is 11.4 Å². The van der Waals surface area contributed by atoms with Crippen molar-refractivity contribution in [2.75, 3.05) is 0 Å². The van der Waals surface area contributed by atoms with Crippen molar-refractivity contribution in [3.63, 3.8) is 0 Å². The molecule has 2 aromatic heterocycles. The molecule has 1 N–H and O–H groups in total. The number of nitrogens with one attached hydrogen (secondary N) is 1. The molecule has 76 valence electrons. The van der Waals surface area contributed by atoms with E-state index in [0.717, 1.165) is 0 Å². The van der Waals surface area contributed by atoms with Crippen molar-refractivity contribution in [1.82, 2.24) is 19.9 Å². The number of nitrogens with zero attached hydrogens (tertiary/aromatic N) is 5. The van der Waals surface area contributed by atoms with Crippen molar-refractivity contribution in [3.05, 3.63) is 26.9 Å². The van der Waals surface area contributed by atoms with Crippen LogP contribution in [0.4, 0.5) is 0 Å². The van der Waals surface area contributed by atoms with Crippen LogP contribution in [0.2, 0.25) is 5.15 Å². The summed E-state index contributed by atoms with van der Waals surface area (Å²) < 4.78 is 0. The molecule has 0 saturated heterocycles. The normalized spacial score (nSPS) is 9.69. The predicted octanol–water partition coefficient (Wildman–Crippen LogP) is 0.110. The van der Waals surface area contributed by atoms with Gasteiger partial charge in [-0.2, -0.15) is 10.5 Å². The summed E-state index contributed by atoms with van der Waals surface area (Å²) >= 11 is 5.49. The first-order chi connectivity index (χ1) is 7.65. The molecule has 0 amide bonds. The van der Waals surface area contributed by atoms with E-state index in [-0.39, 0.29) is 27.8 Å². The van der Waals surface area contributed by atoms with Gasteiger partial charge in [-0.25, -0.2) is 15.0 Å². The van der Waals surface area contributed by atoms with Crippen molar-refractivity contribution in [2.24, 2.45) is 0 Å². The first-order valence-electron chi connectivity index (χ1n) is 3.93. The van der Waals surface area contributed by atoms with Gasteiger partial charge in [0.15, 0.2) is 27.8 Å². The minimum absolute atomic E-state index is 0.0140. The molecule has 7 nitrogen and oxygen atoms in total. The fraction of sp³-hybridized carbons (Fsp3) is 0. The Kier molecular flexibility index (Phi) is 2.24. The van der Waals surface area contributed by atoms with E-state index in [1.807, 2.05) is 0 Å². The molecule has 0 saturated carbocycles. The molecular formula is C8HClN6O. The van der Waals surface area contributed by atoms with Gasteiger partial charge in [0, 0.05) is 0 Å². The molecule has 0 spiro atoms. The van der Waals surface area contributed by atoms with Gasteiger partial charge in [0.2, 0.25) is 0 Å². The molecule has 0 aliphatic rings. The second kappa shape index (κ2) is 3.57. The zero-order valence-electron chi connectivity index (χ0n) is 7.52. The third-order valence-corrected chi connectivity index (χ3v) is 1.97. The highest BCUT2D eigenvalue weighted by Crippen LogP contribution is 2.08. The average molecular weight is 233 g/mol. The molecule has 0 aliphatic heterocycles. The number of hydrogen-bond acceptors (Lipinski definition) is 6. The van der Waals surface area contributed by atoms with Gasteiger partial charge in [-0.05, 0) is 0 Å². The summed E-state index contributed by atoms with van der Waals surface area (Å²) in [6, 6.07) is 3.40. The summed E-state index contributed by atoms with van der Waals surface area (Å²) in [5.74, 6) is 0. The molecule has 8 heteroatoms. The monoisotopic (exact) mass is 232 g/mol. The number of rotatable bonds is 0. The highest BCUT2D eigenvalue weighted by molar-refractivity contribution is 6.29. The standard InChI is InChI=1S/C8HClN6O/c9-5-8(16)15-7-6(14-5)12-3(1-10)4(2-11)13-7/h(H,13,15,16). The van der Waals surface area contributed by atoms with E-state index in [0.29, 0.717) is 0 Å². The highest BCUT2D eigenvalue weighted by atomic mass is 35.5. The topological polar surface area (TPSA) is 119 Å². The second-order valence-corrected chi connectivity index (χ2v) is 3.03. The lowest BCUT2D eigenvalue weighted by Crippen LogP contribution is -2.11. The van der Waals surface area contributed by atoms with Crippen LogP contribution in [-0.4, -0.2) is 19.9 Å². The molecule has 0 bridgehead atoms. The molecule has 16 heavy (non-hydrogen) atoms. The fourth-order valence-electron chi connectivity index (χ4n) is 1.05. The first-order valence-corrected chi connectivity index (χ1v) is 4.31. The van der Waals surface area contributed by atoms with Gasteiger partial charge in [-0.15, -0.1) is 0 Å². The fourth-order valence-corrected chi connectivity index (χ4v) is 1.17. The zero-order chi connectivity index (χ0) is 11.7. The summed E-state index contributed by atoms with van der Waals surface area (Å²) in [5, 5.41) is 17.1. The minimum Gasteiger partial charge on any atom is -0.301 e. The van der Waals surface area contributed by atoms with Gasteiger partial charge in [-0.3, -0.25) is 4.79 Å². The Hall–Kier alpha value is -2.51. The van der Waals surface area contributed by atoms with Crippen molar-refractivity contribution >= 4 is 22.9 Å². The van der Waals surface area contributed by atoms with Crippen molar-refractivity contribution in [1.29, 1.82) is 10.5 Å². The lowest BCUT2D eigenvalue weighted by atomic mass is 10.3. The maximum Gasteiger partial charge on any atom is 0.287 e. The Labute approximate surface area is 93.0 Å². The molecule has 0 atom stereocenters. The number of aromatic nitrogens is 4. The van der Waals surface area contributed by atoms with E-state index >= 15 is 0 Å². The van der Waals surface area contributed by atoms with Crippen LogP contribution in [0.15, 0.2) is 4.79 Å².